The van der Waals surface area contributed by atoms with Gasteiger partial charge in [-0.25, -0.2) is 9.20 Å². The number of amides is 1. The first-order valence-electron chi connectivity index (χ1n) is 14.1. The Morgan fingerprint density at radius 3 is 2.60 bits per heavy atom. The lowest BCUT2D eigenvalue weighted by atomic mass is 10.0. The number of rotatable bonds is 9. The number of carbonyl (C=O) groups is 1. The van der Waals surface area contributed by atoms with E-state index >= 15 is 0 Å². The first-order valence-corrected chi connectivity index (χ1v) is 14.1. The topological polar surface area (TPSA) is 135 Å². The van der Waals surface area contributed by atoms with Crippen molar-refractivity contribution in [3.63, 3.8) is 0 Å². The maximum atomic E-state index is 13.6. The predicted octanol–water partition coefficient (Wildman–Crippen LogP) is 2.64. The summed E-state index contributed by atoms with van der Waals surface area (Å²) in [5, 5.41) is 24.7. The van der Waals surface area contributed by atoms with Crippen LogP contribution in [-0.4, -0.2) is 93.5 Å². The molecule has 1 amide bonds. The monoisotopic (exact) mass is 604 g/mol. The van der Waals surface area contributed by atoms with Crippen LogP contribution in [0.25, 0.3) is 5.52 Å². The fourth-order valence-corrected chi connectivity index (χ4v) is 5.13. The van der Waals surface area contributed by atoms with Gasteiger partial charge in [-0.15, -0.1) is 0 Å². The van der Waals surface area contributed by atoms with Gasteiger partial charge in [0, 0.05) is 38.3 Å². The molecule has 1 unspecified atom stereocenters. The van der Waals surface area contributed by atoms with Gasteiger partial charge < -0.3 is 31.1 Å². The van der Waals surface area contributed by atoms with Crippen LogP contribution < -0.4 is 16.4 Å². The van der Waals surface area contributed by atoms with Crippen LogP contribution in [0.15, 0.2) is 24.4 Å². The number of nitrogens with zero attached hydrogens (tertiary/aromatic N) is 5. The van der Waals surface area contributed by atoms with Crippen molar-refractivity contribution >= 4 is 23.1 Å². The highest BCUT2D eigenvalue weighted by Crippen LogP contribution is 2.28. The lowest BCUT2D eigenvalue weighted by molar-refractivity contribution is -0.127. The average Bonchev–Trinajstić information content (AvgIpc) is 3.48. The number of anilines is 2. The molecule has 14 heteroatoms. The molecule has 4 heterocycles. The Labute approximate surface area is 248 Å². The first kappa shape index (κ1) is 32.1. The Kier molecular flexibility index (Phi) is 9.89. The minimum absolute atomic E-state index is 0.0113. The molecule has 0 spiro atoms. The van der Waals surface area contributed by atoms with Gasteiger partial charge in [0.25, 0.3) is 5.91 Å². The lowest BCUT2D eigenvalue weighted by Gasteiger charge is -2.33. The van der Waals surface area contributed by atoms with Crippen molar-refractivity contribution in [2.75, 3.05) is 50.9 Å². The Hall–Kier alpha value is -3.80. The van der Waals surface area contributed by atoms with Crippen LogP contribution in [0.3, 0.4) is 0 Å². The zero-order valence-corrected chi connectivity index (χ0v) is 24.8. The minimum atomic E-state index is -4.47. The smallest absolute Gasteiger partial charge is 0.389 e. The highest BCUT2D eigenvalue weighted by atomic mass is 19.4. The van der Waals surface area contributed by atoms with Crippen molar-refractivity contribution < 1.29 is 27.8 Å². The van der Waals surface area contributed by atoms with E-state index in [0.29, 0.717) is 17.9 Å². The number of ether oxygens (including phenoxy) is 1. The SMILES string of the molecule is COCC(O)CN1CCC(Nc2cccc3c(CC(F)(F)F)c(C#CCNC(=O)c4cnn(C(C)(C)C)c4N)nn23)CC1. The van der Waals surface area contributed by atoms with Crippen LogP contribution in [0.4, 0.5) is 24.8 Å². The Balaban J connectivity index is 1.48. The molecule has 0 aliphatic carbocycles. The molecule has 4 rings (SSSR count). The van der Waals surface area contributed by atoms with Crippen molar-refractivity contribution in [2.45, 2.75) is 63.9 Å². The molecule has 43 heavy (non-hydrogen) atoms. The van der Waals surface area contributed by atoms with E-state index in [1.807, 2.05) is 20.8 Å². The third-order valence-corrected chi connectivity index (χ3v) is 7.14. The zero-order valence-electron chi connectivity index (χ0n) is 24.8. The molecule has 1 aliphatic heterocycles. The Morgan fingerprint density at radius 2 is 1.98 bits per heavy atom. The fourth-order valence-electron chi connectivity index (χ4n) is 5.13. The molecule has 1 saturated heterocycles. The zero-order chi connectivity index (χ0) is 31.4. The maximum Gasteiger partial charge on any atom is 0.393 e. The number of nitrogens with two attached hydrogens (primary N) is 1. The predicted molar refractivity (Wildman–Crippen MR) is 157 cm³/mol. The quantitative estimate of drug-likeness (QED) is 0.274. The number of carbonyl (C=O) groups excluding carboxylic acids is 1. The van der Waals surface area contributed by atoms with Crippen LogP contribution >= 0.6 is 0 Å². The van der Waals surface area contributed by atoms with E-state index in [4.69, 9.17) is 10.5 Å². The summed E-state index contributed by atoms with van der Waals surface area (Å²) < 4.78 is 48.7. The molecule has 1 fully saturated rings. The second-order valence-corrected chi connectivity index (χ2v) is 11.7. The maximum absolute atomic E-state index is 13.6. The van der Waals surface area contributed by atoms with E-state index in [9.17, 15) is 23.1 Å². The molecule has 5 N–H and O–H groups in total. The first-order chi connectivity index (χ1) is 20.3. The van der Waals surface area contributed by atoms with E-state index in [-0.39, 0.29) is 41.8 Å². The average molecular weight is 605 g/mol. The summed E-state index contributed by atoms with van der Waals surface area (Å²) in [4.78, 5) is 14.8. The van der Waals surface area contributed by atoms with E-state index in [1.54, 1.807) is 25.3 Å². The van der Waals surface area contributed by atoms with Gasteiger partial charge in [-0.3, -0.25) is 4.79 Å². The van der Waals surface area contributed by atoms with Gasteiger partial charge in [0.1, 0.15) is 22.9 Å². The number of aliphatic hydroxyl groups excluding tert-OH is 1. The van der Waals surface area contributed by atoms with Gasteiger partial charge in [0.15, 0.2) is 0 Å². The second kappa shape index (κ2) is 13.2. The van der Waals surface area contributed by atoms with Crippen molar-refractivity contribution in [3.05, 3.63) is 41.2 Å². The molecule has 0 bridgehead atoms. The van der Waals surface area contributed by atoms with Gasteiger partial charge in [0.05, 0.1) is 42.9 Å². The molecule has 1 atom stereocenters. The number of nitrogens with one attached hydrogen (secondary N) is 2. The van der Waals surface area contributed by atoms with Crippen molar-refractivity contribution in [2.24, 2.45) is 0 Å². The summed E-state index contributed by atoms with van der Waals surface area (Å²) >= 11 is 0. The van der Waals surface area contributed by atoms with E-state index < -0.39 is 30.1 Å². The molecule has 0 saturated carbocycles. The number of halogens is 3. The molecule has 3 aromatic rings. The van der Waals surface area contributed by atoms with Crippen LogP contribution in [0.1, 0.15) is 55.2 Å². The van der Waals surface area contributed by atoms with Crippen molar-refractivity contribution in [3.8, 4) is 11.8 Å². The summed E-state index contributed by atoms with van der Waals surface area (Å²) in [5.41, 5.74) is 6.12. The van der Waals surface area contributed by atoms with Crippen LogP contribution in [0.2, 0.25) is 0 Å². The van der Waals surface area contributed by atoms with Crippen LogP contribution in [0.5, 0.6) is 0 Å². The third-order valence-electron chi connectivity index (χ3n) is 7.14. The molecule has 11 nitrogen and oxygen atoms in total. The van der Waals surface area contributed by atoms with Gasteiger partial charge in [-0.2, -0.15) is 23.4 Å². The summed E-state index contributed by atoms with van der Waals surface area (Å²) in [6.45, 7) is 7.90. The Morgan fingerprint density at radius 1 is 1.26 bits per heavy atom. The van der Waals surface area contributed by atoms with Crippen LogP contribution in [0, 0.1) is 11.8 Å². The number of aromatic nitrogens is 4. The van der Waals surface area contributed by atoms with Gasteiger partial charge >= 0.3 is 6.18 Å². The summed E-state index contributed by atoms with van der Waals surface area (Å²) in [6, 6.07) is 5.12. The van der Waals surface area contributed by atoms with Gasteiger partial charge in [0.2, 0.25) is 0 Å². The molecule has 0 radical (unpaired) electrons. The second-order valence-electron chi connectivity index (χ2n) is 11.7. The molecular formula is C29H39F3N8O3. The van der Waals surface area contributed by atoms with Crippen LogP contribution in [-0.2, 0) is 16.7 Å². The number of likely N-dealkylation sites (tertiary alicyclic amines) is 1. The highest BCUT2D eigenvalue weighted by molar-refractivity contribution is 5.98. The standard InChI is InChI=1S/C29H39F3N8O3/c1-28(2,3)40-26(33)22(16-35-40)27(42)34-12-6-7-23-21(15-29(30,31)32)24-8-5-9-25(39(24)37-23)36-19-10-13-38(14-11-19)17-20(41)18-43-4/h5,8-9,16,19-20,36,41H,10-15,17-18,33H2,1-4H3,(H,34,42). The summed E-state index contributed by atoms with van der Waals surface area (Å²) in [5.74, 6) is 5.73. The summed E-state index contributed by atoms with van der Waals surface area (Å²) in [6.07, 6.45) is -3.27. The number of alkyl halides is 3. The van der Waals surface area contributed by atoms with Crippen molar-refractivity contribution in [1.82, 2.24) is 29.6 Å². The molecule has 234 valence electrons. The highest BCUT2D eigenvalue weighted by Gasteiger charge is 2.32. The number of hydrogen-bond donors (Lipinski definition) is 4. The molecule has 3 aromatic heterocycles. The summed E-state index contributed by atoms with van der Waals surface area (Å²) in [7, 11) is 1.55. The number of nitrogen functional groups attached to an aromatic ring is 1. The van der Waals surface area contributed by atoms with Gasteiger partial charge in [-0.1, -0.05) is 12.0 Å². The number of piperidine rings is 1. The number of pyridine rings is 1. The number of β-amino-alcohol motifs (C(OH)–C–C–N with tert-alkyl or cyclic N) is 1. The normalized spacial score (nSPS) is 15.7. The lowest BCUT2D eigenvalue weighted by Crippen LogP contribution is -2.43. The minimum Gasteiger partial charge on any atom is -0.389 e. The molecule has 1 aliphatic rings. The van der Waals surface area contributed by atoms with E-state index in [2.05, 4.69) is 37.6 Å². The van der Waals surface area contributed by atoms with E-state index in [1.165, 1.54) is 15.4 Å². The van der Waals surface area contributed by atoms with Gasteiger partial charge in [-0.05, 0) is 51.7 Å². The van der Waals surface area contributed by atoms with E-state index in [0.717, 1.165) is 25.9 Å². The Bertz CT molecular complexity index is 1470. The van der Waals surface area contributed by atoms with Crippen molar-refractivity contribution in [1.29, 1.82) is 0 Å². The number of fused-ring (bicyclic) bond motifs is 1. The largest absolute Gasteiger partial charge is 0.393 e. The third kappa shape index (κ3) is 8.19. The number of methoxy groups -OCH3 is 1. The fraction of sp³-hybridized carbons (Fsp3) is 0.552. The molecule has 0 aromatic carbocycles. The molecular weight excluding hydrogens is 565 g/mol. The number of aliphatic hydroxyl groups is 1. The number of hydrogen-bond acceptors (Lipinski definition) is 8.